The van der Waals surface area contributed by atoms with Crippen LogP contribution in [0.15, 0.2) is 20.7 Å². The van der Waals surface area contributed by atoms with Crippen LogP contribution in [0.4, 0.5) is 0 Å². The van der Waals surface area contributed by atoms with E-state index in [2.05, 4.69) is 4.72 Å². The van der Waals surface area contributed by atoms with E-state index in [4.69, 9.17) is 5.11 Å². The molecule has 0 amide bonds. The number of aliphatic carboxylic acids is 1. The van der Waals surface area contributed by atoms with Gasteiger partial charge in [0.15, 0.2) is 4.90 Å². The van der Waals surface area contributed by atoms with E-state index < -0.39 is 38.2 Å². The molecule has 1 atom stereocenters. The summed E-state index contributed by atoms with van der Waals surface area (Å²) >= 11 is 0. The maximum atomic E-state index is 11.8. The zero-order valence-electron chi connectivity index (χ0n) is 9.97. The lowest BCUT2D eigenvalue weighted by atomic mass is 10.2. The molecule has 1 heterocycles. The molecule has 1 rings (SSSR count). The van der Waals surface area contributed by atoms with Crippen LogP contribution >= 0.6 is 0 Å². The molecule has 4 N–H and O–H groups in total. The van der Waals surface area contributed by atoms with Gasteiger partial charge < -0.3 is 10.1 Å². The highest BCUT2D eigenvalue weighted by molar-refractivity contribution is 7.89. The normalized spacial score (nSPS) is 13.1. The lowest BCUT2D eigenvalue weighted by Crippen LogP contribution is -2.37. The molecule has 1 unspecified atom stereocenters. The highest BCUT2D eigenvalue weighted by Gasteiger charge is 2.21. The number of hydrogen-bond acceptors (Lipinski definition) is 5. The van der Waals surface area contributed by atoms with Crippen molar-refractivity contribution in [2.75, 3.05) is 0 Å². The summed E-state index contributed by atoms with van der Waals surface area (Å²) < 4.78 is 25.8. The molecular weight excluding hydrogens is 278 g/mol. The van der Waals surface area contributed by atoms with Gasteiger partial charge in [-0.2, -0.15) is 0 Å². The topological polar surface area (TPSA) is 149 Å². The molecule has 106 valence electrons. The number of carbonyl (C=O) groups is 1. The van der Waals surface area contributed by atoms with Gasteiger partial charge in [-0.15, -0.1) is 0 Å². The lowest BCUT2D eigenvalue weighted by molar-refractivity contribution is -0.137. The number of carboxylic acids is 1. The molecule has 0 saturated heterocycles. The van der Waals surface area contributed by atoms with Crippen LogP contribution in [-0.2, 0) is 14.8 Å². The molecule has 0 aliphatic carbocycles. The maximum Gasteiger partial charge on any atom is 0.325 e. The zero-order valence-corrected chi connectivity index (χ0v) is 10.8. The Morgan fingerprint density at radius 1 is 1.47 bits per heavy atom. The van der Waals surface area contributed by atoms with E-state index >= 15 is 0 Å². The number of aromatic amines is 2. The molecule has 1 aromatic heterocycles. The van der Waals surface area contributed by atoms with E-state index in [0.29, 0.717) is 0 Å². The van der Waals surface area contributed by atoms with Crippen LogP contribution in [0, 0.1) is 0 Å². The van der Waals surface area contributed by atoms with Gasteiger partial charge in [0, 0.05) is 18.7 Å². The Bertz CT molecular complexity index is 674. The minimum atomic E-state index is -4.11. The number of rotatable bonds is 6. The van der Waals surface area contributed by atoms with Crippen LogP contribution in [0.5, 0.6) is 0 Å². The monoisotopic (exact) mass is 291 g/mol. The van der Waals surface area contributed by atoms with Crippen molar-refractivity contribution in [3.8, 4) is 0 Å². The Morgan fingerprint density at radius 3 is 2.63 bits per heavy atom. The highest BCUT2D eigenvalue weighted by Crippen LogP contribution is 2.03. The number of H-pyrrole nitrogens is 2. The van der Waals surface area contributed by atoms with Crippen LogP contribution in [-0.4, -0.2) is 35.5 Å². The van der Waals surface area contributed by atoms with E-state index in [1.54, 1.807) is 4.98 Å². The summed E-state index contributed by atoms with van der Waals surface area (Å²) in [7, 11) is -4.11. The molecule has 10 heteroatoms. The fourth-order valence-corrected chi connectivity index (χ4v) is 2.61. The molecule has 0 radical (unpaired) electrons. The first-order valence-electron chi connectivity index (χ1n) is 5.28. The molecule has 9 nitrogen and oxygen atoms in total. The van der Waals surface area contributed by atoms with Gasteiger partial charge in [0.2, 0.25) is 10.0 Å². The standard InChI is InChI=1S/C9H13N3O6S/c1-5(2-3-7(13)14)12-19(17,18)6-4-10-9(16)11-8(6)15/h4-5,12H,2-3H2,1H3,(H,13,14)(H2,10,11,15,16). The van der Waals surface area contributed by atoms with E-state index in [0.717, 1.165) is 6.20 Å². The minimum Gasteiger partial charge on any atom is -0.481 e. The first-order chi connectivity index (χ1) is 8.72. The molecule has 0 aromatic carbocycles. The molecule has 0 aliphatic rings. The van der Waals surface area contributed by atoms with Gasteiger partial charge in [-0.05, 0) is 13.3 Å². The largest absolute Gasteiger partial charge is 0.481 e. The SMILES string of the molecule is CC(CCC(=O)O)NS(=O)(=O)c1c[nH]c(=O)[nH]c1=O. The van der Waals surface area contributed by atoms with Gasteiger partial charge in [0.1, 0.15) is 0 Å². The predicted octanol–water partition coefficient (Wildman–Crippen LogP) is -1.41. The first kappa shape index (κ1) is 15.1. The fraction of sp³-hybridized carbons (Fsp3) is 0.444. The van der Waals surface area contributed by atoms with Crippen LogP contribution in [0.1, 0.15) is 19.8 Å². The second-order valence-electron chi connectivity index (χ2n) is 3.89. The molecular formula is C9H13N3O6S. The first-order valence-corrected chi connectivity index (χ1v) is 6.77. The molecule has 0 saturated carbocycles. The Balaban J connectivity index is 2.90. The number of hydrogen-bond donors (Lipinski definition) is 4. The van der Waals surface area contributed by atoms with Gasteiger partial charge in [0.25, 0.3) is 5.56 Å². The second kappa shape index (κ2) is 5.80. The van der Waals surface area contributed by atoms with E-state index in [1.807, 2.05) is 4.98 Å². The van der Waals surface area contributed by atoms with Gasteiger partial charge in [0.05, 0.1) is 0 Å². The quantitative estimate of drug-likeness (QED) is 0.506. The summed E-state index contributed by atoms with van der Waals surface area (Å²) in [6.45, 7) is 1.47. The molecule has 0 bridgehead atoms. The third kappa shape index (κ3) is 4.34. The van der Waals surface area contributed by atoms with Gasteiger partial charge >= 0.3 is 11.7 Å². The van der Waals surface area contributed by atoms with Crippen LogP contribution in [0.2, 0.25) is 0 Å². The Labute approximate surface area is 107 Å². The van der Waals surface area contributed by atoms with Gasteiger partial charge in [-0.25, -0.2) is 17.9 Å². The van der Waals surface area contributed by atoms with Crippen molar-refractivity contribution in [2.24, 2.45) is 0 Å². The average molecular weight is 291 g/mol. The number of nitrogens with one attached hydrogen (secondary N) is 3. The van der Waals surface area contributed by atoms with Crippen molar-refractivity contribution in [2.45, 2.75) is 30.7 Å². The summed E-state index contributed by atoms with van der Waals surface area (Å²) in [5.74, 6) is -1.05. The van der Waals surface area contributed by atoms with Crippen molar-refractivity contribution in [3.05, 3.63) is 27.0 Å². The smallest absolute Gasteiger partial charge is 0.325 e. The second-order valence-corrected chi connectivity index (χ2v) is 5.57. The molecule has 1 aromatic rings. The van der Waals surface area contributed by atoms with Crippen molar-refractivity contribution < 1.29 is 18.3 Å². The maximum absolute atomic E-state index is 11.8. The van der Waals surface area contributed by atoms with Crippen molar-refractivity contribution in [1.29, 1.82) is 0 Å². The van der Waals surface area contributed by atoms with Crippen molar-refractivity contribution >= 4 is 16.0 Å². The molecule has 0 fully saturated rings. The van der Waals surface area contributed by atoms with Crippen molar-refractivity contribution in [1.82, 2.24) is 14.7 Å². The van der Waals surface area contributed by atoms with Crippen LogP contribution in [0.25, 0.3) is 0 Å². The van der Waals surface area contributed by atoms with E-state index in [9.17, 15) is 22.8 Å². The fourth-order valence-electron chi connectivity index (χ4n) is 1.32. The summed E-state index contributed by atoms with van der Waals surface area (Å²) in [6, 6.07) is -0.660. The van der Waals surface area contributed by atoms with Gasteiger partial charge in [-0.1, -0.05) is 0 Å². The van der Waals surface area contributed by atoms with E-state index in [-0.39, 0.29) is 12.8 Å². The Kier molecular flexibility index (Phi) is 4.62. The minimum absolute atomic E-state index is 0.0792. The number of sulfonamides is 1. The number of aromatic nitrogens is 2. The van der Waals surface area contributed by atoms with Crippen LogP contribution in [0.3, 0.4) is 0 Å². The summed E-state index contributed by atoms with van der Waals surface area (Å²) in [6.07, 6.45) is 0.662. The van der Waals surface area contributed by atoms with E-state index in [1.165, 1.54) is 6.92 Å². The summed E-state index contributed by atoms with van der Waals surface area (Å²) in [5, 5.41) is 8.48. The average Bonchev–Trinajstić information content (AvgIpc) is 2.25. The summed E-state index contributed by atoms with van der Waals surface area (Å²) in [4.78, 5) is 35.7. The third-order valence-corrected chi connectivity index (χ3v) is 3.82. The van der Waals surface area contributed by atoms with Crippen LogP contribution < -0.4 is 16.0 Å². The molecule has 0 spiro atoms. The lowest BCUT2D eigenvalue weighted by Gasteiger charge is -2.12. The zero-order chi connectivity index (χ0) is 14.6. The van der Waals surface area contributed by atoms with Crippen molar-refractivity contribution in [3.63, 3.8) is 0 Å². The third-order valence-electron chi connectivity index (χ3n) is 2.22. The number of carboxylic acid groups (broad SMARTS) is 1. The van der Waals surface area contributed by atoms with Gasteiger partial charge in [-0.3, -0.25) is 14.6 Å². The highest BCUT2D eigenvalue weighted by atomic mass is 32.2. The molecule has 19 heavy (non-hydrogen) atoms. The Morgan fingerprint density at radius 2 is 2.11 bits per heavy atom. The summed E-state index contributed by atoms with van der Waals surface area (Å²) in [5.41, 5.74) is -1.86. The predicted molar refractivity (Wildman–Crippen MR) is 64.3 cm³/mol. The Hall–Kier alpha value is -1.94. The molecule has 0 aliphatic heterocycles.